The van der Waals surface area contributed by atoms with Gasteiger partial charge in [0.15, 0.2) is 0 Å². The lowest BCUT2D eigenvalue weighted by atomic mass is 10.1. The molecule has 3 aromatic carbocycles. The fourth-order valence-corrected chi connectivity index (χ4v) is 4.01. The second-order valence-electron chi connectivity index (χ2n) is 7.41. The van der Waals surface area contributed by atoms with Gasteiger partial charge < -0.3 is 5.32 Å². The Morgan fingerprint density at radius 3 is 2.13 bits per heavy atom. The van der Waals surface area contributed by atoms with Crippen molar-refractivity contribution >= 4 is 21.6 Å². The van der Waals surface area contributed by atoms with E-state index in [4.69, 9.17) is 0 Å². The van der Waals surface area contributed by atoms with E-state index in [2.05, 4.69) is 5.32 Å². The van der Waals surface area contributed by atoms with Gasteiger partial charge in [-0.05, 0) is 54.8 Å². The third-order valence-corrected chi connectivity index (χ3v) is 6.11. The molecule has 0 bridgehead atoms. The first kappa shape index (κ1) is 21.6. The molecule has 0 unspecified atom stereocenters. The van der Waals surface area contributed by atoms with Gasteiger partial charge in [0, 0.05) is 12.1 Å². The van der Waals surface area contributed by atoms with Crippen LogP contribution in [0.15, 0.2) is 72.8 Å². The fourth-order valence-electron chi connectivity index (χ4n) is 3.12. The molecule has 0 aliphatic heterocycles. The summed E-state index contributed by atoms with van der Waals surface area (Å²) in [5, 5.41) is 2.91. The van der Waals surface area contributed by atoms with Crippen LogP contribution in [0.4, 0.5) is 5.69 Å². The van der Waals surface area contributed by atoms with Crippen LogP contribution in [0.25, 0.3) is 0 Å². The van der Waals surface area contributed by atoms with Gasteiger partial charge in [-0.25, -0.2) is 8.42 Å². The van der Waals surface area contributed by atoms with Crippen molar-refractivity contribution in [3.63, 3.8) is 0 Å². The molecule has 6 heteroatoms. The van der Waals surface area contributed by atoms with E-state index in [0.717, 1.165) is 22.3 Å². The number of hydrogen-bond donors (Lipinski definition) is 1. The minimum absolute atomic E-state index is 0.200. The molecule has 0 heterocycles. The van der Waals surface area contributed by atoms with Gasteiger partial charge in [0.2, 0.25) is 10.0 Å². The molecule has 0 aliphatic carbocycles. The molecule has 0 saturated heterocycles. The molecule has 0 atom stereocenters. The Kier molecular flexibility index (Phi) is 6.57. The molecule has 3 rings (SSSR count). The highest BCUT2D eigenvalue weighted by atomic mass is 32.2. The van der Waals surface area contributed by atoms with Crippen LogP contribution < -0.4 is 9.62 Å². The zero-order valence-corrected chi connectivity index (χ0v) is 18.2. The summed E-state index contributed by atoms with van der Waals surface area (Å²) < 4.78 is 26.1. The molecule has 156 valence electrons. The van der Waals surface area contributed by atoms with Gasteiger partial charge >= 0.3 is 0 Å². The number of benzene rings is 3. The summed E-state index contributed by atoms with van der Waals surface area (Å²) in [7, 11) is -3.48. The Bertz CT molecular complexity index is 1120. The smallest absolute Gasteiger partial charge is 0.251 e. The standard InChI is InChI=1S/C24H26N2O3S/c1-18-8-10-20(11-9-18)17-26(30(3,28)29)23-14-12-21(13-15-23)24(27)25-16-22-7-5-4-6-19(22)2/h4-15H,16-17H2,1-3H3,(H,25,27). The van der Waals surface area contributed by atoms with Gasteiger partial charge in [0.1, 0.15) is 0 Å². The molecule has 0 aliphatic rings. The van der Waals surface area contributed by atoms with Crippen LogP contribution in [-0.4, -0.2) is 20.6 Å². The average Bonchev–Trinajstić information content (AvgIpc) is 2.72. The summed E-state index contributed by atoms with van der Waals surface area (Å²) in [5.74, 6) is -0.200. The van der Waals surface area contributed by atoms with Crippen LogP contribution in [-0.2, 0) is 23.1 Å². The Morgan fingerprint density at radius 1 is 0.900 bits per heavy atom. The first-order chi connectivity index (χ1) is 14.2. The number of aryl methyl sites for hydroxylation is 2. The summed E-state index contributed by atoms with van der Waals surface area (Å²) in [6.45, 7) is 4.67. The number of nitrogens with one attached hydrogen (secondary N) is 1. The monoisotopic (exact) mass is 422 g/mol. The van der Waals surface area contributed by atoms with Crippen LogP contribution in [0.5, 0.6) is 0 Å². The van der Waals surface area contributed by atoms with Gasteiger partial charge in [-0.15, -0.1) is 0 Å². The lowest BCUT2D eigenvalue weighted by molar-refractivity contribution is 0.0951. The highest BCUT2D eigenvalue weighted by Crippen LogP contribution is 2.21. The van der Waals surface area contributed by atoms with Gasteiger partial charge in [0.05, 0.1) is 18.5 Å². The fraction of sp³-hybridized carbons (Fsp3) is 0.208. The van der Waals surface area contributed by atoms with E-state index in [1.54, 1.807) is 24.3 Å². The maximum atomic E-state index is 12.5. The Morgan fingerprint density at radius 2 is 1.53 bits per heavy atom. The van der Waals surface area contributed by atoms with E-state index in [1.165, 1.54) is 10.6 Å². The minimum Gasteiger partial charge on any atom is -0.348 e. The molecule has 0 saturated carbocycles. The Balaban J connectivity index is 1.73. The topological polar surface area (TPSA) is 66.5 Å². The van der Waals surface area contributed by atoms with Crippen molar-refractivity contribution in [2.75, 3.05) is 10.6 Å². The number of anilines is 1. The van der Waals surface area contributed by atoms with E-state index in [-0.39, 0.29) is 12.5 Å². The van der Waals surface area contributed by atoms with E-state index in [9.17, 15) is 13.2 Å². The van der Waals surface area contributed by atoms with Crippen molar-refractivity contribution in [1.29, 1.82) is 0 Å². The van der Waals surface area contributed by atoms with Gasteiger partial charge in [-0.3, -0.25) is 9.10 Å². The lowest BCUT2D eigenvalue weighted by Gasteiger charge is -2.23. The summed E-state index contributed by atoms with van der Waals surface area (Å²) in [4.78, 5) is 12.5. The molecule has 0 spiro atoms. The predicted octanol–water partition coefficient (Wildman–Crippen LogP) is 4.20. The number of nitrogens with zero attached hydrogens (tertiary/aromatic N) is 1. The highest BCUT2D eigenvalue weighted by molar-refractivity contribution is 7.92. The Labute approximate surface area is 178 Å². The van der Waals surface area contributed by atoms with Crippen molar-refractivity contribution in [2.24, 2.45) is 0 Å². The quantitative estimate of drug-likeness (QED) is 0.621. The minimum atomic E-state index is -3.48. The summed E-state index contributed by atoms with van der Waals surface area (Å²) in [6, 6.07) is 22.3. The molecular weight excluding hydrogens is 396 g/mol. The number of carbonyl (C=O) groups excluding carboxylic acids is 1. The number of amides is 1. The lowest BCUT2D eigenvalue weighted by Crippen LogP contribution is -2.29. The number of carbonyl (C=O) groups is 1. The average molecular weight is 423 g/mol. The molecule has 5 nitrogen and oxygen atoms in total. The molecule has 1 amide bonds. The maximum absolute atomic E-state index is 12.5. The predicted molar refractivity (Wildman–Crippen MR) is 121 cm³/mol. The van der Waals surface area contributed by atoms with Crippen LogP contribution >= 0.6 is 0 Å². The van der Waals surface area contributed by atoms with Crippen molar-refractivity contribution in [3.05, 3.63) is 101 Å². The van der Waals surface area contributed by atoms with Crippen molar-refractivity contribution in [1.82, 2.24) is 5.32 Å². The van der Waals surface area contributed by atoms with Gasteiger partial charge in [0.25, 0.3) is 5.91 Å². The van der Waals surface area contributed by atoms with Crippen LogP contribution in [0.2, 0.25) is 0 Å². The molecule has 30 heavy (non-hydrogen) atoms. The largest absolute Gasteiger partial charge is 0.348 e. The molecule has 1 N–H and O–H groups in total. The van der Waals surface area contributed by atoms with Crippen LogP contribution in [0.1, 0.15) is 32.6 Å². The molecule has 0 fully saturated rings. The van der Waals surface area contributed by atoms with Gasteiger partial charge in [-0.2, -0.15) is 0 Å². The van der Waals surface area contributed by atoms with E-state index >= 15 is 0 Å². The zero-order chi connectivity index (χ0) is 21.7. The Hall–Kier alpha value is -3.12. The third-order valence-electron chi connectivity index (χ3n) is 4.97. The summed E-state index contributed by atoms with van der Waals surface area (Å²) in [5.41, 5.74) is 5.19. The van der Waals surface area contributed by atoms with Crippen molar-refractivity contribution in [2.45, 2.75) is 26.9 Å². The number of hydrogen-bond acceptors (Lipinski definition) is 3. The highest BCUT2D eigenvalue weighted by Gasteiger charge is 2.18. The second kappa shape index (κ2) is 9.13. The second-order valence-corrected chi connectivity index (χ2v) is 9.32. The normalized spacial score (nSPS) is 11.2. The summed E-state index contributed by atoms with van der Waals surface area (Å²) in [6.07, 6.45) is 1.18. The zero-order valence-electron chi connectivity index (χ0n) is 17.4. The SMILES string of the molecule is Cc1ccc(CN(c2ccc(C(=O)NCc3ccccc3C)cc2)S(C)(=O)=O)cc1. The van der Waals surface area contributed by atoms with Crippen molar-refractivity contribution in [3.8, 4) is 0 Å². The van der Waals surface area contributed by atoms with Gasteiger partial charge in [-0.1, -0.05) is 54.1 Å². The molecule has 0 aromatic heterocycles. The molecular formula is C24H26N2O3S. The van der Waals surface area contributed by atoms with E-state index in [0.29, 0.717) is 17.8 Å². The number of rotatable bonds is 7. The van der Waals surface area contributed by atoms with Crippen LogP contribution in [0, 0.1) is 13.8 Å². The summed E-state index contributed by atoms with van der Waals surface area (Å²) >= 11 is 0. The molecule has 3 aromatic rings. The number of sulfonamides is 1. The molecule has 0 radical (unpaired) electrons. The van der Waals surface area contributed by atoms with E-state index in [1.807, 2.05) is 62.4 Å². The third kappa shape index (κ3) is 5.48. The van der Waals surface area contributed by atoms with Crippen molar-refractivity contribution < 1.29 is 13.2 Å². The first-order valence-electron chi connectivity index (χ1n) is 9.70. The van der Waals surface area contributed by atoms with Crippen LogP contribution in [0.3, 0.4) is 0 Å². The maximum Gasteiger partial charge on any atom is 0.251 e. The first-order valence-corrected chi connectivity index (χ1v) is 11.5. The van der Waals surface area contributed by atoms with E-state index < -0.39 is 10.0 Å².